The molecule has 2 atom stereocenters. The minimum absolute atomic E-state index is 0.0273. The van der Waals surface area contributed by atoms with Crippen LogP contribution in [-0.4, -0.2) is 47.1 Å². The normalized spacial score (nSPS) is 14.8. The SMILES string of the molecule is Cc1cc(-c2c(C)cc(C3CC3)cc2C)cc(C(CC(=O)O)NC(=O)C(CC(C)C)n2cc(CCN(C)C)c(C(F)(F)F)cc2=O)c1F. The van der Waals surface area contributed by atoms with E-state index in [1.807, 2.05) is 13.8 Å². The standard InChI is InChI=1S/C37H45F4N3O4/c1-20(2)12-31(44-19-25(10-11-43(6)7)29(17-32(44)45)37(39,40)41)36(48)42-30(18-33(46)47)28-16-27(15-23(5)35(28)38)34-21(3)13-26(14-22(34)4)24-8-9-24/h13-17,19-20,24,30-31H,8-12,18H2,1-7H3,(H,42,48)(H,46,47). The molecule has 2 N–H and O–H groups in total. The van der Waals surface area contributed by atoms with Crippen molar-refractivity contribution in [2.24, 2.45) is 5.92 Å². The third kappa shape index (κ3) is 8.72. The van der Waals surface area contributed by atoms with Crippen molar-refractivity contribution < 1.29 is 32.3 Å². The van der Waals surface area contributed by atoms with Crippen molar-refractivity contribution in [3.05, 3.63) is 91.6 Å². The Labute approximate surface area is 279 Å². The monoisotopic (exact) mass is 671 g/mol. The van der Waals surface area contributed by atoms with Crippen molar-refractivity contribution >= 4 is 11.9 Å². The number of alkyl halides is 3. The summed E-state index contributed by atoms with van der Waals surface area (Å²) in [5, 5.41) is 12.5. The summed E-state index contributed by atoms with van der Waals surface area (Å²) in [5.41, 5.74) is 2.82. The highest BCUT2D eigenvalue weighted by atomic mass is 19.4. The first-order valence-corrected chi connectivity index (χ1v) is 16.3. The van der Waals surface area contributed by atoms with Crippen LogP contribution in [0, 0.1) is 32.5 Å². The molecule has 7 nitrogen and oxygen atoms in total. The van der Waals surface area contributed by atoms with Gasteiger partial charge >= 0.3 is 12.1 Å². The predicted molar refractivity (Wildman–Crippen MR) is 178 cm³/mol. The molecule has 1 aromatic heterocycles. The molecule has 1 saturated carbocycles. The smallest absolute Gasteiger partial charge is 0.416 e. The van der Waals surface area contributed by atoms with E-state index in [0.29, 0.717) is 17.5 Å². The van der Waals surface area contributed by atoms with E-state index in [2.05, 4.69) is 17.4 Å². The molecular formula is C37H45F4N3O4. The molecule has 1 aliphatic carbocycles. The number of hydrogen-bond acceptors (Lipinski definition) is 4. The third-order valence-corrected chi connectivity index (χ3v) is 8.88. The number of benzene rings is 2. The van der Waals surface area contributed by atoms with E-state index in [1.165, 1.54) is 5.56 Å². The Bertz CT molecular complexity index is 1720. The number of carbonyl (C=O) groups is 2. The fraction of sp³-hybridized carbons (Fsp3) is 0.486. The number of aliphatic carboxylic acids is 1. The number of hydrogen-bond donors (Lipinski definition) is 2. The van der Waals surface area contributed by atoms with E-state index in [-0.39, 0.29) is 42.0 Å². The van der Waals surface area contributed by atoms with Crippen LogP contribution in [0.25, 0.3) is 11.1 Å². The minimum Gasteiger partial charge on any atom is -0.481 e. The van der Waals surface area contributed by atoms with E-state index in [9.17, 15) is 32.7 Å². The van der Waals surface area contributed by atoms with Gasteiger partial charge in [0.1, 0.15) is 11.9 Å². The molecule has 11 heteroatoms. The lowest BCUT2D eigenvalue weighted by atomic mass is 9.88. The number of nitrogens with zero attached hydrogens (tertiary/aromatic N) is 2. The maximum atomic E-state index is 15.9. The second-order valence-electron chi connectivity index (χ2n) is 13.8. The van der Waals surface area contributed by atoms with Crippen LogP contribution in [0.4, 0.5) is 17.6 Å². The molecule has 4 rings (SSSR count). The van der Waals surface area contributed by atoms with Crippen LogP contribution in [0.5, 0.6) is 0 Å². The quantitative estimate of drug-likeness (QED) is 0.184. The highest BCUT2D eigenvalue weighted by Gasteiger charge is 2.36. The Hall–Kier alpha value is -3.99. The fourth-order valence-electron chi connectivity index (χ4n) is 6.42. The number of amides is 1. The summed E-state index contributed by atoms with van der Waals surface area (Å²) in [5.74, 6) is -2.39. The van der Waals surface area contributed by atoms with Crippen LogP contribution < -0.4 is 10.9 Å². The second kappa shape index (κ2) is 14.6. The van der Waals surface area contributed by atoms with Gasteiger partial charge in [0, 0.05) is 24.4 Å². The van der Waals surface area contributed by atoms with Gasteiger partial charge in [0.25, 0.3) is 5.56 Å². The predicted octanol–water partition coefficient (Wildman–Crippen LogP) is 7.50. The van der Waals surface area contributed by atoms with Crippen molar-refractivity contribution in [1.82, 2.24) is 14.8 Å². The zero-order valence-corrected chi connectivity index (χ0v) is 28.6. The van der Waals surface area contributed by atoms with Crippen LogP contribution in [-0.2, 0) is 22.2 Å². The summed E-state index contributed by atoms with van der Waals surface area (Å²) in [6.45, 7) is 9.39. The Balaban J connectivity index is 1.78. The average molecular weight is 672 g/mol. The van der Waals surface area contributed by atoms with Crippen molar-refractivity contribution in [1.29, 1.82) is 0 Å². The number of rotatable bonds is 13. The van der Waals surface area contributed by atoms with Gasteiger partial charge in [0.05, 0.1) is 18.0 Å². The molecule has 48 heavy (non-hydrogen) atoms. The Morgan fingerprint density at radius 3 is 2.17 bits per heavy atom. The van der Waals surface area contributed by atoms with Crippen LogP contribution in [0.15, 0.2) is 41.3 Å². The fourth-order valence-corrected chi connectivity index (χ4v) is 6.42. The first kappa shape index (κ1) is 36.8. The summed E-state index contributed by atoms with van der Waals surface area (Å²) in [6.07, 6.45) is -2.04. The minimum atomic E-state index is -4.78. The third-order valence-electron chi connectivity index (χ3n) is 8.88. The highest BCUT2D eigenvalue weighted by Crippen LogP contribution is 2.43. The van der Waals surface area contributed by atoms with Crippen LogP contribution in [0.3, 0.4) is 0 Å². The molecule has 0 radical (unpaired) electrons. The lowest BCUT2D eigenvalue weighted by molar-refractivity contribution is -0.139. The van der Waals surface area contributed by atoms with Crippen LogP contribution >= 0.6 is 0 Å². The molecular weight excluding hydrogens is 626 g/mol. The summed E-state index contributed by atoms with van der Waals surface area (Å²) < 4.78 is 58.7. The first-order chi connectivity index (χ1) is 22.4. The average Bonchev–Trinajstić information content (AvgIpc) is 3.81. The topological polar surface area (TPSA) is 91.6 Å². The number of aryl methyl sites for hydroxylation is 3. The number of aromatic nitrogens is 1. The van der Waals surface area contributed by atoms with E-state index in [0.717, 1.165) is 40.3 Å². The molecule has 0 bridgehead atoms. The van der Waals surface area contributed by atoms with Gasteiger partial charge in [-0.2, -0.15) is 13.2 Å². The molecule has 1 aliphatic rings. The lowest BCUT2D eigenvalue weighted by Crippen LogP contribution is -2.41. The number of nitrogens with one attached hydrogen (secondary N) is 1. The molecule has 1 heterocycles. The van der Waals surface area contributed by atoms with E-state index in [4.69, 9.17) is 0 Å². The Morgan fingerprint density at radius 1 is 1.02 bits per heavy atom. The summed E-state index contributed by atoms with van der Waals surface area (Å²) in [4.78, 5) is 41.0. The van der Waals surface area contributed by atoms with Crippen molar-refractivity contribution in [3.8, 4) is 11.1 Å². The van der Waals surface area contributed by atoms with Gasteiger partial charge in [0.15, 0.2) is 0 Å². The zero-order valence-electron chi connectivity index (χ0n) is 28.6. The van der Waals surface area contributed by atoms with Crippen molar-refractivity contribution in [2.45, 2.75) is 90.9 Å². The highest BCUT2D eigenvalue weighted by molar-refractivity contribution is 5.82. The number of pyridine rings is 1. The van der Waals surface area contributed by atoms with E-state index >= 15 is 4.39 Å². The molecule has 3 aromatic rings. The number of halogens is 4. The number of carboxylic acids is 1. The zero-order chi connectivity index (χ0) is 35.7. The summed E-state index contributed by atoms with van der Waals surface area (Å²) in [6, 6.07) is 5.41. The van der Waals surface area contributed by atoms with Gasteiger partial charge in [-0.15, -0.1) is 0 Å². The summed E-state index contributed by atoms with van der Waals surface area (Å²) >= 11 is 0. The Kier molecular flexibility index (Phi) is 11.2. The van der Waals surface area contributed by atoms with Crippen molar-refractivity contribution in [3.63, 3.8) is 0 Å². The van der Waals surface area contributed by atoms with Gasteiger partial charge in [-0.25, -0.2) is 4.39 Å². The van der Waals surface area contributed by atoms with Crippen LogP contribution in [0.2, 0.25) is 0 Å². The van der Waals surface area contributed by atoms with Gasteiger partial charge in [-0.1, -0.05) is 26.0 Å². The molecule has 0 spiro atoms. The van der Waals surface area contributed by atoms with E-state index < -0.39 is 53.5 Å². The largest absolute Gasteiger partial charge is 0.481 e. The van der Waals surface area contributed by atoms with Gasteiger partial charge < -0.3 is 19.9 Å². The number of carbonyl (C=O) groups excluding carboxylic acids is 1. The molecule has 0 saturated heterocycles. The molecule has 2 aromatic carbocycles. The molecule has 1 amide bonds. The number of likely N-dealkylation sites (N-methyl/N-ethyl adjacent to an activating group) is 1. The molecule has 0 aliphatic heterocycles. The second-order valence-corrected chi connectivity index (χ2v) is 13.8. The molecule has 1 fully saturated rings. The van der Waals surface area contributed by atoms with E-state index in [1.54, 1.807) is 51.9 Å². The van der Waals surface area contributed by atoms with Gasteiger partial charge in [-0.3, -0.25) is 14.4 Å². The van der Waals surface area contributed by atoms with Gasteiger partial charge in [-0.05, 0) is 123 Å². The van der Waals surface area contributed by atoms with Crippen LogP contribution in [0.1, 0.15) is 96.5 Å². The summed E-state index contributed by atoms with van der Waals surface area (Å²) in [7, 11) is 3.42. The molecule has 260 valence electrons. The maximum Gasteiger partial charge on any atom is 0.416 e. The first-order valence-electron chi connectivity index (χ1n) is 16.3. The maximum absolute atomic E-state index is 15.9. The van der Waals surface area contributed by atoms with Crippen molar-refractivity contribution in [2.75, 3.05) is 20.6 Å². The Morgan fingerprint density at radius 2 is 1.65 bits per heavy atom. The lowest BCUT2D eigenvalue weighted by Gasteiger charge is -2.27. The number of carboxylic acid groups (broad SMARTS) is 1. The molecule has 2 unspecified atom stereocenters. The van der Waals surface area contributed by atoms with Gasteiger partial charge in [0.2, 0.25) is 5.91 Å².